The highest BCUT2D eigenvalue weighted by Crippen LogP contribution is 2.26. The maximum absolute atomic E-state index is 11.7. The van der Waals surface area contributed by atoms with Crippen molar-refractivity contribution in [1.82, 2.24) is 5.32 Å². The topological polar surface area (TPSA) is 55.4 Å². The highest BCUT2D eigenvalue weighted by molar-refractivity contribution is 6.00. The van der Waals surface area contributed by atoms with E-state index in [0.717, 1.165) is 11.3 Å². The minimum absolute atomic E-state index is 0.183. The number of carbonyl (C=O) groups is 2. The molecule has 1 unspecified atom stereocenters. The van der Waals surface area contributed by atoms with Crippen LogP contribution in [-0.4, -0.2) is 18.4 Å². The summed E-state index contributed by atoms with van der Waals surface area (Å²) in [4.78, 5) is 22.7. The van der Waals surface area contributed by atoms with Crippen molar-refractivity contribution < 1.29 is 14.3 Å². The van der Waals surface area contributed by atoms with Crippen molar-refractivity contribution in [3.8, 4) is 5.75 Å². The molecule has 2 rings (SSSR count). The van der Waals surface area contributed by atoms with Crippen LogP contribution >= 0.6 is 0 Å². The smallest absolute Gasteiger partial charge is 0.234 e. The number of imide groups is 1. The monoisotopic (exact) mass is 233 g/mol. The van der Waals surface area contributed by atoms with Gasteiger partial charge >= 0.3 is 0 Å². The van der Waals surface area contributed by atoms with Gasteiger partial charge in [-0.05, 0) is 31.0 Å². The van der Waals surface area contributed by atoms with Crippen molar-refractivity contribution in [2.75, 3.05) is 6.61 Å². The number of piperidine rings is 1. The van der Waals surface area contributed by atoms with E-state index >= 15 is 0 Å². The number of hydrogen-bond acceptors (Lipinski definition) is 3. The second-order valence-corrected chi connectivity index (χ2v) is 4.01. The van der Waals surface area contributed by atoms with Gasteiger partial charge in [-0.2, -0.15) is 0 Å². The predicted molar refractivity (Wildman–Crippen MR) is 62.7 cm³/mol. The molecule has 2 amide bonds. The molecule has 0 saturated carbocycles. The summed E-state index contributed by atoms with van der Waals surface area (Å²) in [5.41, 5.74) is 0.929. The third kappa shape index (κ3) is 2.64. The summed E-state index contributed by atoms with van der Waals surface area (Å²) in [7, 11) is 0. The van der Waals surface area contributed by atoms with Crippen LogP contribution in [0.15, 0.2) is 24.3 Å². The van der Waals surface area contributed by atoms with E-state index < -0.39 is 0 Å². The molecular weight excluding hydrogens is 218 g/mol. The predicted octanol–water partition coefficient (Wildman–Crippen LogP) is 1.61. The van der Waals surface area contributed by atoms with E-state index in [2.05, 4.69) is 5.32 Å². The zero-order valence-corrected chi connectivity index (χ0v) is 9.73. The van der Waals surface area contributed by atoms with Gasteiger partial charge in [-0.3, -0.25) is 14.9 Å². The lowest BCUT2D eigenvalue weighted by molar-refractivity contribution is -0.134. The minimum atomic E-state index is -0.219. The first-order valence-electron chi connectivity index (χ1n) is 5.77. The van der Waals surface area contributed by atoms with E-state index in [9.17, 15) is 9.59 Å². The molecule has 1 aliphatic heterocycles. The summed E-state index contributed by atoms with van der Waals surface area (Å²) in [6.45, 7) is 2.55. The van der Waals surface area contributed by atoms with Gasteiger partial charge in [0.25, 0.3) is 0 Å². The Morgan fingerprint density at radius 1 is 1.29 bits per heavy atom. The fourth-order valence-electron chi connectivity index (χ4n) is 1.97. The third-order valence-corrected chi connectivity index (χ3v) is 2.83. The van der Waals surface area contributed by atoms with Crippen molar-refractivity contribution >= 4 is 11.8 Å². The summed E-state index contributed by atoms with van der Waals surface area (Å²) >= 11 is 0. The second-order valence-electron chi connectivity index (χ2n) is 4.01. The molecule has 4 nitrogen and oxygen atoms in total. The van der Waals surface area contributed by atoms with Gasteiger partial charge in [-0.25, -0.2) is 0 Å². The van der Waals surface area contributed by atoms with Gasteiger partial charge in [0.15, 0.2) is 0 Å². The van der Waals surface area contributed by atoms with E-state index in [-0.39, 0.29) is 17.7 Å². The number of amides is 2. The molecule has 1 aromatic rings. The van der Waals surface area contributed by atoms with Crippen molar-refractivity contribution in [2.45, 2.75) is 25.7 Å². The van der Waals surface area contributed by atoms with Crippen LogP contribution in [0.25, 0.3) is 0 Å². The Labute approximate surface area is 100.0 Å². The van der Waals surface area contributed by atoms with Gasteiger partial charge in [-0.1, -0.05) is 12.1 Å². The molecule has 1 aromatic carbocycles. The van der Waals surface area contributed by atoms with Crippen LogP contribution in [0.2, 0.25) is 0 Å². The molecule has 17 heavy (non-hydrogen) atoms. The summed E-state index contributed by atoms with van der Waals surface area (Å²) < 4.78 is 5.34. The van der Waals surface area contributed by atoms with Gasteiger partial charge in [0.2, 0.25) is 11.8 Å². The highest BCUT2D eigenvalue weighted by atomic mass is 16.5. The van der Waals surface area contributed by atoms with E-state index in [1.165, 1.54) is 0 Å². The number of rotatable bonds is 3. The third-order valence-electron chi connectivity index (χ3n) is 2.83. The molecule has 1 atom stereocenters. The van der Waals surface area contributed by atoms with Crippen LogP contribution in [0.4, 0.5) is 0 Å². The van der Waals surface area contributed by atoms with E-state index in [1.807, 2.05) is 31.2 Å². The fourth-order valence-corrected chi connectivity index (χ4v) is 1.97. The molecular formula is C13H15NO3. The molecule has 0 aromatic heterocycles. The molecule has 1 saturated heterocycles. The van der Waals surface area contributed by atoms with Crippen molar-refractivity contribution in [3.05, 3.63) is 29.8 Å². The number of benzene rings is 1. The normalized spacial score (nSPS) is 19.9. The number of ether oxygens (including phenoxy) is 1. The SMILES string of the molecule is CCOc1ccc(C2CCC(=O)NC2=O)cc1. The quantitative estimate of drug-likeness (QED) is 0.807. The average molecular weight is 233 g/mol. The Morgan fingerprint density at radius 2 is 2.00 bits per heavy atom. The number of hydrogen-bond donors (Lipinski definition) is 1. The number of nitrogens with one attached hydrogen (secondary N) is 1. The molecule has 1 heterocycles. The molecule has 4 heteroatoms. The van der Waals surface area contributed by atoms with Crippen molar-refractivity contribution in [2.24, 2.45) is 0 Å². The van der Waals surface area contributed by atoms with Gasteiger partial charge in [0, 0.05) is 6.42 Å². The standard InChI is InChI=1S/C13H15NO3/c1-2-17-10-5-3-9(4-6-10)11-7-8-12(15)14-13(11)16/h3-6,11H,2,7-8H2,1H3,(H,14,15,16). The van der Waals surface area contributed by atoms with Gasteiger partial charge < -0.3 is 4.74 Å². The van der Waals surface area contributed by atoms with Crippen LogP contribution in [0.1, 0.15) is 31.2 Å². The van der Waals surface area contributed by atoms with Crippen LogP contribution in [-0.2, 0) is 9.59 Å². The molecule has 0 aliphatic carbocycles. The Bertz CT molecular complexity index is 425. The lowest BCUT2D eigenvalue weighted by atomic mass is 9.90. The molecule has 1 aliphatic rings. The average Bonchev–Trinajstić information content (AvgIpc) is 2.31. The Kier molecular flexibility index (Phi) is 3.42. The summed E-state index contributed by atoms with van der Waals surface area (Å²) in [6, 6.07) is 7.46. The Hall–Kier alpha value is -1.84. The lowest BCUT2D eigenvalue weighted by Gasteiger charge is -2.21. The maximum Gasteiger partial charge on any atom is 0.234 e. The zero-order valence-electron chi connectivity index (χ0n) is 9.73. The van der Waals surface area contributed by atoms with Crippen LogP contribution in [0.5, 0.6) is 5.75 Å². The van der Waals surface area contributed by atoms with E-state index in [0.29, 0.717) is 19.4 Å². The molecule has 1 N–H and O–H groups in total. The zero-order chi connectivity index (χ0) is 12.3. The van der Waals surface area contributed by atoms with Crippen molar-refractivity contribution in [3.63, 3.8) is 0 Å². The first-order valence-corrected chi connectivity index (χ1v) is 5.77. The highest BCUT2D eigenvalue weighted by Gasteiger charge is 2.27. The summed E-state index contributed by atoms with van der Waals surface area (Å²) in [5, 5.41) is 2.36. The van der Waals surface area contributed by atoms with E-state index in [4.69, 9.17) is 4.74 Å². The largest absolute Gasteiger partial charge is 0.494 e. The minimum Gasteiger partial charge on any atom is -0.494 e. The van der Waals surface area contributed by atoms with E-state index in [1.54, 1.807) is 0 Å². The van der Waals surface area contributed by atoms with Crippen LogP contribution in [0, 0.1) is 0 Å². The van der Waals surface area contributed by atoms with Crippen LogP contribution < -0.4 is 10.1 Å². The van der Waals surface area contributed by atoms with Gasteiger partial charge in [0.1, 0.15) is 5.75 Å². The van der Waals surface area contributed by atoms with Gasteiger partial charge in [0.05, 0.1) is 12.5 Å². The van der Waals surface area contributed by atoms with Crippen molar-refractivity contribution in [1.29, 1.82) is 0 Å². The lowest BCUT2D eigenvalue weighted by Crippen LogP contribution is -2.39. The first kappa shape index (κ1) is 11.6. The Morgan fingerprint density at radius 3 is 2.59 bits per heavy atom. The molecule has 1 fully saturated rings. The molecule has 0 spiro atoms. The van der Waals surface area contributed by atoms with Gasteiger partial charge in [-0.15, -0.1) is 0 Å². The number of carbonyl (C=O) groups excluding carboxylic acids is 2. The molecule has 0 radical (unpaired) electrons. The maximum atomic E-state index is 11.7. The molecule has 0 bridgehead atoms. The second kappa shape index (κ2) is 4.99. The first-order chi connectivity index (χ1) is 8.20. The Balaban J connectivity index is 2.11. The fraction of sp³-hybridized carbons (Fsp3) is 0.385. The van der Waals surface area contributed by atoms with Crippen LogP contribution in [0.3, 0.4) is 0 Å². The molecule has 90 valence electrons. The summed E-state index contributed by atoms with van der Waals surface area (Å²) in [6.07, 6.45) is 0.988. The summed E-state index contributed by atoms with van der Waals surface area (Å²) in [5.74, 6) is 0.189.